The summed E-state index contributed by atoms with van der Waals surface area (Å²) in [6.45, 7) is 2.29. The maximum absolute atomic E-state index is 4.22. The Balaban J connectivity index is 2.02. The summed E-state index contributed by atoms with van der Waals surface area (Å²) in [5.74, 6) is 1.23. The second-order valence-electron chi connectivity index (χ2n) is 4.35. The highest BCUT2D eigenvalue weighted by atomic mass is 15.3. The predicted molar refractivity (Wildman–Crippen MR) is 44.9 cm³/mol. The lowest BCUT2D eigenvalue weighted by atomic mass is 10.1. The van der Waals surface area contributed by atoms with Crippen LogP contribution in [0, 0.1) is 0 Å². The third-order valence-corrected chi connectivity index (χ3v) is 3.05. The molecule has 0 amide bonds. The Morgan fingerprint density at radius 3 is 2.83 bits per heavy atom. The molecule has 2 fully saturated rings. The molecule has 3 heteroatoms. The zero-order chi connectivity index (χ0) is 8.18. The predicted octanol–water partition coefficient (Wildman–Crippen LogP) is 1.66. The molecule has 0 unspecified atom stereocenters. The molecule has 3 rings (SSSR count). The van der Waals surface area contributed by atoms with E-state index in [2.05, 4.69) is 21.7 Å². The zero-order valence-corrected chi connectivity index (χ0v) is 7.32. The molecule has 64 valence electrons. The van der Waals surface area contributed by atoms with Gasteiger partial charge in [0.2, 0.25) is 0 Å². The van der Waals surface area contributed by atoms with Crippen LogP contribution in [0.5, 0.6) is 0 Å². The topological polar surface area (TPSA) is 30.7 Å². The van der Waals surface area contributed by atoms with Crippen molar-refractivity contribution in [2.45, 2.75) is 44.1 Å². The van der Waals surface area contributed by atoms with Gasteiger partial charge in [-0.1, -0.05) is 6.92 Å². The first-order valence-electron chi connectivity index (χ1n) is 4.70. The van der Waals surface area contributed by atoms with Crippen molar-refractivity contribution in [3.63, 3.8) is 0 Å². The van der Waals surface area contributed by atoms with Crippen LogP contribution in [-0.2, 0) is 5.41 Å². The fraction of sp³-hybridized carbons (Fsp3) is 0.778. The quantitative estimate of drug-likeness (QED) is 0.664. The lowest BCUT2D eigenvalue weighted by Gasteiger charge is -2.08. The van der Waals surface area contributed by atoms with E-state index in [-0.39, 0.29) is 0 Å². The minimum absolute atomic E-state index is 0.374. The molecule has 2 aliphatic carbocycles. The minimum atomic E-state index is 0.374. The first-order chi connectivity index (χ1) is 5.80. The standard InChI is InChI=1S/C9H13N3/c1-9(4-5-9)8-11-10-6-12(8)7-2-3-7/h6-7H,2-5H2,1H3. The van der Waals surface area contributed by atoms with Crippen LogP contribution in [-0.4, -0.2) is 14.8 Å². The molecule has 12 heavy (non-hydrogen) atoms. The second kappa shape index (κ2) is 1.90. The lowest BCUT2D eigenvalue weighted by molar-refractivity contribution is 0.606. The largest absolute Gasteiger partial charge is 0.314 e. The van der Waals surface area contributed by atoms with Crippen LogP contribution in [0.1, 0.15) is 44.5 Å². The molecule has 0 N–H and O–H groups in total. The summed E-state index contributed by atoms with van der Waals surface area (Å²) in [5, 5.41) is 8.23. The molecule has 1 heterocycles. The SMILES string of the molecule is CC1(c2nncn2C2CC2)CC1. The van der Waals surface area contributed by atoms with Gasteiger partial charge in [-0.05, 0) is 25.7 Å². The first-order valence-corrected chi connectivity index (χ1v) is 4.70. The molecular weight excluding hydrogens is 150 g/mol. The molecule has 1 aromatic rings. The van der Waals surface area contributed by atoms with Crippen LogP contribution >= 0.6 is 0 Å². The van der Waals surface area contributed by atoms with Crippen LogP contribution in [0.2, 0.25) is 0 Å². The number of rotatable bonds is 2. The van der Waals surface area contributed by atoms with E-state index in [1.165, 1.54) is 31.5 Å². The highest BCUT2D eigenvalue weighted by Crippen LogP contribution is 2.49. The van der Waals surface area contributed by atoms with E-state index < -0.39 is 0 Å². The Morgan fingerprint density at radius 2 is 2.25 bits per heavy atom. The maximum atomic E-state index is 4.22. The van der Waals surface area contributed by atoms with Crippen molar-refractivity contribution in [1.82, 2.24) is 14.8 Å². The van der Waals surface area contributed by atoms with Crippen molar-refractivity contribution in [2.75, 3.05) is 0 Å². The van der Waals surface area contributed by atoms with Gasteiger partial charge in [0.05, 0.1) is 0 Å². The smallest absolute Gasteiger partial charge is 0.139 e. The second-order valence-corrected chi connectivity index (χ2v) is 4.35. The van der Waals surface area contributed by atoms with Crippen LogP contribution in [0.4, 0.5) is 0 Å². The van der Waals surface area contributed by atoms with E-state index >= 15 is 0 Å². The van der Waals surface area contributed by atoms with Gasteiger partial charge in [0.25, 0.3) is 0 Å². The average Bonchev–Trinajstić information content (AvgIpc) is 2.97. The van der Waals surface area contributed by atoms with E-state index in [9.17, 15) is 0 Å². The Bertz CT molecular complexity index is 307. The number of hydrogen-bond acceptors (Lipinski definition) is 2. The normalized spacial score (nSPS) is 25.8. The molecule has 0 spiro atoms. The number of hydrogen-bond donors (Lipinski definition) is 0. The van der Waals surface area contributed by atoms with E-state index in [0.717, 1.165) is 6.04 Å². The summed E-state index contributed by atoms with van der Waals surface area (Å²) >= 11 is 0. The maximum Gasteiger partial charge on any atom is 0.139 e. The summed E-state index contributed by atoms with van der Waals surface area (Å²) in [6, 6.07) is 0.729. The van der Waals surface area contributed by atoms with Crippen molar-refractivity contribution >= 4 is 0 Å². The summed E-state index contributed by atoms with van der Waals surface area (Å²) in [7, 11) is 0. The van der Waals surface area contributed by atoms with Gasteiger partial charge >= 0.3 is 0 Å². The average molecular weight is 163 g/mol. The van der Waals surface area contributed by atoms with Crippen LogP contribution < -0.4 is 0 Å². The van der Waals surface area contributed by atoms with Gasteiger partial charge in [-0.15, -0.1) is 10.2 Å². The van der Waals surface area contributed by atoms with E-state index in [1.807, 2.05) is 6.33 Å². The van der Waals surface area contributed by atoms with Crippen LogP contribution in [0.25, 0.3) is 0 Å². The molecule has 0 atom stereocenters. The van der Waals surface area contributed by atoms with Crippen molar-refractivity contribution in [2.24, 2.45) is 0 Å². The Morgan fingerprint density at radius 1 is 1.50 bits per heavy atom. The van der Waals surface area contributed by atoms with Gasteiger partial charge in [0.1, 0.15) is 12.2 Å². The molecule has 0 saturated heterocycles. The Labute approximate surface area is 71.8 Å². The highest BCUT2D eigenvalue weighted by molar-refractivity contribution is 5.16. The summed E-state index contributed by atoms with van der Waals surface area (Å²) < 4.78 is 2.28. The monoisotopic (exact) mass is 163 g/mol. The molecule has 0 radical (unpaired) electrons. The Kier molecular flexibility index (Phi) is 1.05. The zero-order valence-electron chi connectivity index (χ0n) is 7.32. The fourth-order valence-corrected chi connectivity index (χ4v) is 1.71. The first kappa shape index (κ1) is 6.63. The van der Waals surface area contributed by atoms with Crippen molar-refractivity contribution in [3.8, 4) is 0 Å². The van der Waals surface area contributed by atoms with Crippen molar-refractivity contribution in [1.29, 1.82) is 0 Å². The lowest BCUT2D eigenvalue weighted by Crippen LogP contribution is -2.10. The van der Waals surface area contributed by atoms with Crippen molar-refractivity contribution < 1.29 is 0 Å². The number of aromatic nitrogens is 3. The molecule has 0 aromatic carbocycles. The fourth-order valence-electron chi connectivity index (χ4n) is 1.71. The summed E-state index contributed by atoms with van der Waals surface area (Å²) in [4.78, 5) is 0. The summed E-state index contributed by atoms with van der Waals surface area (Å²) in [6.07, 6.45) is 7.12. The van der Waals surface area contributed by atoms with Gasteiger partial charge in [-0.25, -0.2) is 0 Å². The molecule has 0 aliphatic heterocycles. The molecular formula is C9H13N3. The Hall–Kier alpha value is -0.860. The van der Waals surface area contributed by atoms with Gasteiger partial charge in [0.15, 0.2) is 0 Å². The summed E-state index contributed by atoms with van der Waals surface area (Å²) in [5.41, 5.74) is 0.374. The molecule has 2 aliphatic rings. The third-order valence-electron chi connectivity index (χ3n) is 3.05. The highest BCUT2D eigenvalue weighted by Gasteiger charge is 2.45. The van der Waals surface area contributed by atoms with Crippen molar-refractivity contribution in [3.05, 3.63) is 12.2 Å². The third kappa shape index (κ3) is 0.822. The van der Waals surface area contributed by atoms with Crippen LogP contribution in [0.15, 0.2) is 6.33 Å². The minimum Gasteiger partial charge on any atom is -0.314 e. The van der Waals surface area contributed by atoms with E-state index in [4.69, 9.17) is 0 Å². The molecule has 1 aromatic heterocycles. The molecule has 3 nitrogen and oxygen atoms in total. The van der Waals surface area contributed by atoms with Gasteiger partial charge in [0, 0.05) is 11.5 Å². The van der Waals surface area contributed by atoms with Gasteiger partial charge in [-0.3, -0.25) is 0 Å². The molecule has 2 saturated carbocycles. The van der Waals surface area contributed by atoms with E-state index in [0.29, 0.717) is 5.41 Å². The van der Waals surface area contributed by atoms with Gasteiger partial charge < -0.3 is 4.57 Å². The number of nitrogens with zero attached hydrogens (tertiary/aromatic N) is 3. The molecule has 0 bridgehead atoms. The van der Waals surface area contributed by atoms with Crippen LogP contribution in [0.3, 0.4) is 0 Å². The van der Waals surface area contributed by atoms with E-state index in [1.54, 1.807) is 0 Å². The van der Waals surface area contributed by atoms with Gasteiger partial charge in [-0.2, -0.15) is 0 Å².